The van der Waals surface area contributed by atoms with Gasteiger partial charge in [-0.05, 0) is 41.6 Å². The number of aryl methyl sites for hydroxylation is 1. The van der Waals surface area contributed by atoms with Gasteiger partial charge in [0.05, 0.1) is 0 Å². The Morgan fingerprint density at radius 3 is 2.64 bits per heavy atom. The van der Waals surface area contributed by atoms with Crippen LogP contribution < -0.4 is 5.73 Å². The van der Waals surface area contributed by atoms with Crippen molar-refractivity contribution < 1.29 is 0 Å². The smallest absolute Gasteiger partial charge is 0.101 e. The molecule has 0 radical (unpaired) electrons. The quantitative estimate of drug-likeness (QED) is 0.728. The van der Waals surface area contributed by atoms with Crippen LogP contribution in [0.3, 0.4) is 0 Å². The topological polar surface area (TPSA) is 26.0 Å². The maximum Gasteiger partial charge on any atom is 0.101 e. The molecule has 0 bridgehead atoms. The summed E-state index contributed by atoms with van der Waals surface area (Å²) in [5, 5.41) is 1.99. The molecule has 0 aliphatic heterocycles. The Kier molecular flexibility index (Phi) is 2.48. The molecule has 0 saturated heterocycles. The molecule has 0 aliphatic rings. The number of nitrogens with two attached hydrogens (primary N) is 1. The summed E-state index contributed by atoms with van der Waals surface area (Å²) in [4.78, 5) is 0. The Morgan fingerprint density at radius 1 is 1.29 bits per heavy atom. The van der Waals surface area contributed by atoms with Crippen LogP contribution in [0.2, 0.25) is 4.34 Å². The molecular weight excluding hydrogens is 214 g/mol. The number of hydrogen-bond donors (Lipinski definition) is 1. The molecule has 1 aromatic carbocycles. The van der Waals surface area contributed by atoms with E-state index in [2.05, 4.69) is 6.07 Å². The molecule has 0 spiro atoms. The molecule has 0 unspecified atom stereocenters. The van der Waals surface area contributed by atoms with Crippen molar-refractivity contribution in [3.63, 3.8) is 0 Å². The summed E-state index contributed by atoms with van der Waals surface area (Å²) in [7, 11) is 0. The predicted octanol–water partition coefficient (Wildman–Crippen LogP) is 3.96. The fourth-order valence-corrected chi connectivity index (χ4v) is 2.31. The van der Waals surface area contributed by atoms with Gasteiger partial charge in [-0.15, -0.1) is 11.3 Å². The van der Waals surface area contributed by atoms with Gasteiger partial charge in [0.1, 0.15) is 4.34 Å². The summed E-state index contributed by atoms with van der Waals surface area (Å²) in [5.41, 5.74) is 9.87. The Hall–Kier alpha value is -0.990. The Labute approximate surface area is 92.1 Å². The number of nitrogen functional groups attached to an aromatic ring is 1. The highest BCUT2D eigenvalue weighted by molar-refractivity contribution is 7.15. The summed E-state index contributed by atoms with van der Waals surface area (Å²) in [6.07, 6.45) is 0. The van der Waals surface area contributed by atoms with E-state index in [0.29, 0.717) is 0 Å². The lowest BCUT2D eigenvalue weighted by Gasteiger charge is -2.03. The molecule has 2 rings (SSSR count). The lowest BCUT2D eigenvalue weighted by molar-refractivity contribution is 1.47. The molecule has 2 aromatic rings. The summed E-state index contributed by atoms with van der Waals surface area (Å²) < 4.78 is 0.828. The van der Waals surface area contributed by atoms with Crippen molar-refractivity contribution in [1.29, 1.82) is 0 Å². The lowest BCUT2D eigenvalue weighted by Crippen LogP contribution is -1.88. The molecule has 0 saturated carbocycles. The van der Waals surface area contributed by atoms with Crippen molar-refractivity contribution in [2.24, 2.45) is 0 Å². The summed E-state index contributed by atoms with van der Waals surface area (Å²) in [5.74, 6) is 0. The normalized spacial score (nSPS) is 10.4. The van der Waals surface area contributed by atoms with Crippen LogP contribution in [-0.4, -0.2) is 0 Å². The number of anilines is 1. The second kappa shape index (κ2) is 3.64. The van der Waals surface area contributed by atoms with Gasteiger partial charge < -0.3 is 5.73 Å². The molecule has 1 heterocycles. The molecule has 0 aliphatic carbocycles. The molecule has 3 heteroatoms. The zero-order valence-electron chi connectivity index (χ0n) is 7.75. The molecule has 1 aromatic heterocycles. The number of hydrogen-bond acceptors (Lipinski definition) is 2. The molecule has 72 valence electrons. The minimum absolute atomic E-state index is 0.820. The van der Waals surface area contributed by atoms with Crippen LogP contribution in [0.15, 0.2) is 29.6 Å². The molecule has 1 nitrogen and oxygen atoms in total. The SMILES string of the molecule is Cc1cc(-c2ccsc2Cl)ccc1N. The third-order valence-corrected chi connectivity index (χ3v) is 3.37. The number of thiophene rings is 1. The van der Waals surface area contributed by atoms with Crippen LogP contribution in [0.4, 0.5) is 5.69 Å². The van der Waals surface area contributed by atoms with Crippen molar-refractivity contribution in [2.75, 3.05) is 5.73 Å². The average Bonchev–Trinajstić information content (AvgIpc) is 2.57. The number of rotatable bonds is 1. The van der Waals surface area contributed by atoms with Crippen LogP contribution in [0, 0.1) is 6.92 Å². The monoisotopic (exact) mass is 223 g/mol. The van der Waals surface area contributed by atoms with Crippen molar-refractivity contribution in [3.05, 3.63) is 39.5 Å². The van der Waals surface area contributed by atoms with Crippen molar-refractivity contribution in [1.82, 2.24) is 0 Å². The zero-order valence-corrected chi connectivity index (χ0v) is 9.32. The highest BCUT2D eigenvalue weighted by Gasteiger charge is 2.05. The van der Waals surface area contributed by atoms with Gasteiger partial charge in [-0.25, -0.2) is 0 Å². The van der Waals surface area contributed by atoms with Gasteiger partial charge in [0.25, 0.3) is 0 Å². The van der Waals surface area contributed by atoms with Crippen LogP contribution >= 0.6 is 22.9 Å². The minimum atomic E-state index is 0.820. The third kappa shape index (κ3) is 1.63. The predicted molar refractivity (Wildman–Crippen MR) is 63.9 cm³/mol. The third-order valence-electron chi connectivity index (χ3n) is 2.20. The lowest BCUT2D eigenvalue weighted by atomic mass is 10.1. The Morgan fingerprint density at radius 2 is 2.07 bits per heavy atom. The second-order valence-corrected chi connectivity index (χ2v) is 4.70. The van der Waals surface area contributed by atoms with E-state index in [1.54, 1.807) is 11.3 Å². The van der Waals surface area contributed by atoms with Crippen LogP contribution in [-0.2, 0) is 0 Å². The summed E-state index contributed by atoms with van der Waals surface area (Å²) in [6, 6.07) is 8.00. The van der Waals surface area contributed by atoms with Gasteiger partial charge >= 0.3 is 0 Å². The summed E-state index contributed by atoms with van der Waals surface area (Å²) in [6.45, 7) is 2.00. The zero-order chi connectivity index (χ0) is 10.1. The fraction of sp³-hybridized carbons (Fsp3) is 0.0909. The van der Waals surface area contributed by atoms with E-state index in [9.17, 15) is 0 Å². The highest BCUT2D eigenvalue weighted by atomic mass is 35.5. The maximum absolute atomic E-state index is 6.05. The molecule has 0 fully saturated rings. The maximum atomic E-state index is 6.05. The van der Waals surface area contributed by atoms with Gasteiger partial charge in [0.15, 0.2) is 0 Å². The van der Waals surface area contributed by atoms with E-state index in [0.717, 1.165) is 26.7 Å². The summed E-state index contributed by atoms with van der Waals surface area (Å²) >= 11 is 7.60. The number of halogens is 1. The van der Waals surface area contributed by atoms with E-state index >= 15 is 0 Å². The second-order valence-electron chi connectivity index (χ2n) is 3.18. The van der Waals surface area contributed by atoms with Gasteiger partial charge in [-0.3, -0.25) is 0 Å². The van der Waals surface area contributed by atoms with Gasteiger partial charge in [-0.2, -0.15) is 0 Å². The first-order chi connectivity index (χ1) is 6.68. The first kappa shape index (κ1) is 9.56. The van der Waals surface area contributed by atoms with Crippen LogP contribution in [0.1, 0.15) is 5.56 Å². The molecule has 0 atom stereocenters. The highest BCUT2D eigenvalue weighted by Crippen LogP contribution is 2.33. The van der Waals surface area contributed by atoms with Gasteiger partial charge in [-0.1, -0.05) is 17.7 Å². The van der Waals surface area contributed by atoms with E-state index < -0.39 is 0 Å². The Balaban J connectivity index is 2.53. The van der Waals surface area contributed by atoms with E-state index in [4.69, 9.17) is 17.3 Å². The molecule has 0 amide bonds. The molecular formula is C11H10ClNS. The van der Waals surface area contributed by atoms with Crippen molar-refractivity contribution >= 4 is 28.6 Å². The van der Waals surface area contributed by atoms with Crippen LogP contribution in [0.5, 0.6) is 0 Å². The van der Waals surface area contributed by atoms with Crippen molar-refractivity contribution in [3.8, 4) is 11.1 Å². The minimum Gasteiger partial charge on any atom is -0.399 e. The van der Waals surface area contributed by atoms with Gasteiger partial charge in [0.2, 0.25) is 0 Å². The van der Waals surface area contributed by atoms with Crippen LogP contribution in [0.25, 0.3) is 11.1 Å². The Bertz CT molecular complexity index is 462. The molecule has 2 N–H and O–H groups in total. The fourth-order valence-electron chi connectivity index (χ4n) is 1.34. The molecule has 14 heavy (non-hydrogen) atoms. The standard InChI is InChI=1S/C11H10ClNS/c1-7-6-8(2-3-10(7)13)9-4-5-14-11(9)12/h2-6H,13H2,1H3. The van der Waals surface area contributed by atoms with E-state index in [1.807, 2.05) is 30.5 Å². The number of benzene rings is 1. The first-order valence-corrected chi connectivity index (χ1v) is 5.54. The van der Waals surface area contributed by atoms with E-state index in [-0.39, 0.29) is 0 Å². The average molecular weight is 224 g/mol. The largest absolute Gasteiger partial charge is 0.399 e. The first-order valence-electron chi connectivity index (χ1n) is 4.28. The van der Waals surface area contributed by atoms with Crippen molar-refractivity contribution in [2.45, 2.75) is 6.92 Å². The van der Waals surface area contributed by atoms with Gasteiger partial charge in [0, 0.05) is 11.3 Å². The van der Waals surface area contributed by atoms with E-state index in [1.165, 1.54) is 0 Å².